The molecular formula is C18H13N3O6S. The largest absolute Gasteiger partial charge is 0.324 e. The summed E-state index contributed by atoms with van der Waals surface area (Å²) in [5.74, 6) is -2.47. The standard InChI is InChI=1S/C18H13N3O6S/c1-20-16(23)11-7-6-10(8-13(11)17(20)24)19-15(22)9-21-18(25)12-4-2-3-5-14(12)28(21,26)27/h2-8H,9H2,1H3,(H,19,22). The molecule has 0 saturated heterocycles. The molecule has 142 valence electrons. The molecule has 0 atom stereocenters. The van der Waals surface area contributed by atoms with Crippen LogP contribution in [0.5, 0.6) is 0 Å². The van der Waals surface area contributed by atoms with Gasteiger partial charge < -0.3 is 5.32 Å². The summed E-state index contributed by atoms with van der Waals surface area (Å²) in [6, 6.07) is 9.89. The van der Waals surface area contributed by atoms with Gasteiger partial charge in [-0.15, -0.1) is 0 Å². The number of benzene rings is 2. The van der Waals surface area contributed by atoms with Gasteiger partial charge in [0.25, 0.3) is 27.7 Å². The lowest BCUT2D eigenvalue weighted by Gasteiger charge is -2.15. The zero-order chi connectivity index (χ0) is 20.2. The van der Waals surface area contributed by atoms with Crippen molar-refractivity contribution in [2.24, 2.45) is 0 Å². The van der Waals surface area contributed by atoms with E-state index >= 15 is 0 Å². The van der Waals surface area contributed by atoms with Gasteiger partial charge in [0.1, 0.15) is 11.4 Å². The van der Waals surface area contributed by atoms with Crippen molar-refractivity contribution in [3.63, 3.8) is 0 Å². The number of fused-ring (bicyclic) bond motifs is 2. The third kappa shape index (κ3) is 2.49. The first-order chi connectivity index (χ1) is 13.2. The minimum atomic E-state index is -4.10. The first-order valence-corrected chi connectivity index (χ1v) is 9.58. The minimum Gasteiger partial charge on any atom is -0.324 e. The topological polar surface area (TPSA) is 121 Å². The fraction of sp³-hybridized carbons (Fsp3) is 0.111. The van der Waals surface area contributed by atoms with E-state index in [1.165, 1.54) is 49.5 Å². The minimum absolute atomic E-state index is 0.0139. The van der Waals surface area contributed by atoms with Crippen LogP contribution in [-0.2, 0) is 14.8 Å². The first-order valence-electron chi connectivity index (χ1n) is 8.14. The molecular weight excluding hydrogens is 386 g/mol. The second-order valence-electron chi connectivity index (χ2n) is 6.29. The van der Waals surface area contributed by atoms with Crippen LogP contribution in [0.25, 0.3) is 0 Å². The smallest absolute Gasteiger partial charge is 0.269 e. The number of amides is 4. The molecule has 2 heterocycles. The SMILES string of the molecule is CN1C(=O)c2ccc(NC(=O)CN3C(=O)c4ccccc4S3(=O)=O)cc2C1=O. The highest BCUT2D eigenvalue weighted by Gasteiger charge is 2.41. The van der Waals surface area contributed by atoms with Gasteiger partial charge in [0, 0.05) is 12.7 Å². The number of rotatable bonds is 3. The lowest BCUT2D eigenvalue weighted by Crippen LogP contribution is -2.37. The van der Waals surface area contributed by atoms with Gasteiger partial charge in [0.05, 0.1) is 16.7 Å². The highest BCUT2D eigenvalue weighted by molar-refractivity contribution is 7.90. The monoisotopic (exact) mass is 399 g/mol. The average molecular weight is 399 g/mol. The maximum absolute atomic E-state index is 12.5. The first kappa shape index (κ1) is 17.9. The lowest BCUT2D eigenvalue weighted by atomic mass is 10.1. The van der Waals surface area contributed by atoms with Crippen molar-refractivity contribution in [1.29, 1.82) is 0 Å². The molecule has 4 amide bonds. The van der Waals surface area contributed by atoms with E-state index in [-0.39, 0.29) is 27.3 Å². The molecule has 28 heavy (non-hydrogen) atoms. The van der Waals surface area contributed by atoms with E-state index in [4.69, 9.17) is 0 Å². The van der Waals surface area contributed by atoms with Gasteiger partial charge in [-0.1, -0.05) is 12.1 Å². The molecule has 4 rings (SSSR count). The van der Waals surface area contributed by atoms with E-state index in [0.717, 1.165) is 4.90 Å². The van der Waals surface area contributed by atoms with Crippen molar-refractivity contribution in [1.82, 2.24) is 9.21 Å². The Morgan fingerprint density at radius 1 is 0.929 bits per heavy atom. The molecule has 2 aliphatic rings. The molecule has 2 aliphatic heterocycles. The van der Waals surface area contributed by atoms with Crippen molar-refractivity contribution in [2.45, 2.75) is 4.90 Å². The Labute approximate surface area is 159 Å². The molecule has 10 heteroatoms. The molecule has 2 aromatic rings. The third-order valence-electron chi connectivity index (χ3n) is 4.57. The molecule has 2 aromatic carbocycles. The van der Waals surface area contributed by atoms with Crippen LogP contribution >= 0.6 is 0 Å². The maximum Gasteiger partial charge on any atom is 0.269 e. The predicted octanol–water partition coefficient (Wildman–Crippen LogP) is 0.696. The van der Waals surface area contributed by atoms with E-state index in [2.05, 4.69) is 5.32 Å². The van der Waals surface area contributed by atoms with Gasteiger partial charge in [0.2, 0.25) is 5.91 Å². The van der Waals surface area contributed by atoms with E-state index in [1.807, 2.05) is 0 Å². The summed E-state index contributed by atoms with van der Waals surface area (Å²) >= 11 is 0. The van der Waals surface area contributed by atoms with Crippen molar-refractivity contribution >= 4 is 39.3 Å². The van der Waals surface area contributed by atoms with Gasteiger partial charge in [0.15, 0.2) is 0 Å². The summed E-state index contributed by atoms with van der Waals surface area (Å²) in [5, 5.41) is 2.45. The van der Waals surface area contributed by atoms with Gasteiger partial charge >= 0.3 is 0 Å². The Balaban J connectivity index is 1.55. The molecule has 0 spiro atoms. The van der Waals surface area contributed by atoms with Crippen LogP contribution in [0.15, 0.2) is 47.4 Å². The fourth-order valence-corrected chi connectivity index (χ4v) is 4.68. The van der Waals surface area contributed by atoms with Gasteiger partial charge in [-0.05, 0) is 30.3 Å². The van der Waals surface area contributed by atoms with Crippen LogP contribution in [0.4, 0.5) is 5.69 Å². The van der Waals surface area contributed by atoms with Crippen molar-refractivity contribution in [2.75, 3.05) is 18.9 Å². The highest BCUT2D eigenvalue weighted by atomic mass is 32.2. The number of carbonyl (C=O) groups is 4. The van der Waals surface area contributed by atoms with E-state index in [1.54, 1.807) is 0 Å². The molecule has 1 N–H and O–H groups in total. The summed E-state index contributed by atoms with van der Waals surface area (Å²) in [5.41, 5.74) is 0.586. The van der Waals surface area contributed by atoms with Gasteiger partial charge in [-0.25, -0.2) is 12.7 Å². The molecule has 0 fully saturated rings. The van der Waals surface area contributed by atoms with Crippen LogP contribution < -0.4 is 5.32 Å². The van der Waals surface area contributed by atoms with Crippen LogP contribution in [-0.4, -0.2) is 54.8 Å². The number of carbonyl (C=O) groups excluding carboxylic acids is 4. The predicted molar refractivity (Wildman–Crippen MR) is 96.2 cm³/mol. The Morgan fingerprint density at radius 3 is 2.32 bits per heavy atom. The lowest BCUT2D eigenvalue weighted by molar-refractivity contribution is -0.116. The second-order valence-corrected chi connectivity index (χ2v) is 8.12. The fourth-order valence-electron chi connectivity index (χ4n) is 3.16. The zero-order valence-corrected chi connectivity index (χ0v) is 15.3. The zero-order valence-electron chi connectivity index (χ0n) is 14.5. The number of hydrogen-bond acceptors (Lipinski definition) is 6. The number of nitrogens with zero attached hydrogens (tertiary/aromatic N) is 2. The number of hydrogen-bond donors (Lipinski definition) is 1. The average Bonchev–Trinajstić information content (AvgIpc) is 3.00. The molecule has 0 radical (unpaired) electrons. The van der Waals surface area contributed by atoms with Crippen molar-refractivity contribution in [3.8, 4) is 0 Å². The van der Waals surface area contributed by atoms with Crippen molar-refractivity contribution < 1.29 is 27.6 Å². The highest BCUT2D eigenvalue weighted by Crippen LogP contribution is 2.30. The summed E-state index contributed by atoms with van der Waals surface area (Å²) in [6.07, 6.45) is 0. The van der Waals surface area contributed by atoms with E-state index < -0.39 is 40.2 Å². The number of anilines is 1. The van der Waals surface area contributed by atoms with Crippen LogP contribution in [0.2, 0.25) is 0 Å². The molecule has 0 saturated carbocycles. The van der Waals surface area contributed by atoms with Gasteiger partial charge in [-0.2, -0.15) is 0 Å². The number of sulfonamides is 1. The maximum atomic E-state index is 12.5. The van der Waals surface area contributed by atoms with Crippen LogP contribution in [0.1, 0.15) is 31.1 Å². The van der Waals surface area contributed by atoms with Gasteiger partial charge in [-0.3, -0.25) is 24.1 Å². The molecule has 0 bridgehead atoms. The molecule has 9 nitrogen and oxygen atoms in total. The summed E-state index contributed by atoms with van der Waals surface area (Å²) < 4.78 is 25.5. The molecule has 0 unspecified atom stereocenters. The summed E-state index contributed by atoms with van der Waals surface area (Å²) in [4.78, 5) is 49.4. The van der Waals surface area contributed by atoms with Crippen LogP contribution in [0.3, 0.4) is 0 Å². The number of nitrogens with one attached hydrogen (secondary N) is 1. The van der Waals surface area contributed by atoms with Crippen molar-refractivity contribution in [3.05, 3.63) is 59.2 Å². The van der Waals surface area contributed by atoms with Crippen LogP contribution in [0, 0.1) is 0 Å². The Bertz CT molecular complexity index is 1190. The Kier molecular flexibility index (Phi) is 3.82. The third-order valence-corrected chi connectivity index (χ3v) is 6.36. The molecule has 0 aromatic heterocycles. The summed E-state index contributed by atoms with van der Waals surface area (Å²) in [6.45, 7) is -0.709. The Hall–Kier alpha value is -3.53. The second kappa shape index (κ2) is 5.99. The van der Waals surface area contributed by atoms with E-state index in [9.17, 15) is 27.6 Å². The molecule has 0 aliphatic carbocycles. The quantitative estimate of drug-likeness (QED) is 0.759. The van der Waals surface area contributed by atoms with E-state index in [0.29, 0.717) is 4.31 Å². The Morgan fingerprint density at radius 2 is 1.61 bits per heavy atom. The summed E-state index contributed by atoms with van der Waals surface area (Å²) in [7, 11) is -2.75. The number of imide groups is 1. The normalized spacial score (nSPS) is 17.0.